The number of nitrogens with zero attached hydrogens (tertiary/aromatic N) is 2. The zero-order valence-corrected chi connectivity index (χ0v) is 13.2. The Morgan fingerprint density at radius 2 is 2.14 bits per heavy atom. The van der Waals surface area contributed by atoms with Crippen LogP contribution in [0, 0.1) is 5.82 Å². The normalized spacial score (nSPS) is 15.5. The van der Waals surface area contributed by atoms with Gasteiger partial charge < -0.3 is 9.88 Å². The number of hydrogen-bond donors (Lipinski definition) is 1. The van der Waals surface area contributed by atoms with Crippen LogP contribution in [0.1, 0.15) is 18.4 Å². The van der Waals surface area contributed by atoms with Gasteiger partial charge in [0.2, 0.25) is 5.91 Å². The number of amides is 1. The molecule has 1 saturated carbocycles. The number of rotatable bonds is 6. The van der Waals surface area contributed by atoms with E-state index in [1.165, 1.54) is 12.1 Å². The van der Waals surface area contributed by atoms with E-state index < -0.39 is 5.41 Å². The molecule has 0 radical (unpaired) electrons. The number of benzene rings is 1. The summed E-state index contributed by atoms with van der Waals surface area (Å²) in [5, 5.41) is 3.93. The molecule has 3 rings (SSSR count). The van der Waals surface area contributed by atoms with Crippen LogP contribution in [0.5, 0.6) is 0 Å². The van der Waals surface area contributed by atoms with Gasteiger partial charge in [-0.15, -0.1) is 0 Å². The minimum Gasteiger partial charge on any atom is -0.354 e. The molecule has 0 spiro atoms. The maximum atomic E-state index is 13.0. The van der Waals surface area contributed by atoms with Gasteiger partial charge in [0.15, 0.2) is 5.16 Å². The Hall–Kier alpha value is -1.82. The van der Waals surface area contributed by atoms with E-state index in [4.69, 9.17) is 0 Å². The molecule has 6 heteroatoms. The fourth-order valence-electron chi connectivity index (χ4n) is 2.51. The van der Waals surface area contributed by atoms with Crippen molar-refractivity contribution >= 4 is 17.7 Å². The molecule has 1 aliphatic carbocycles. The van der Waals surface area contributed by atoms with Gasteiger partial charge in [0.05, 0.1) is 5.41 Å². The summed E-state index contributed by atoms with van der Waals surface area (Å²) < 4.78 is 15.0. The fraction of sp³-hybridized carbons (Fsp3) is 0.375. The van der Waals surface area contributed by atoms with Crippen molar-refractivity contribution in [2.75, 3.05) is 12.3 Å². The van der Waals surface area contributed by atoms with E-state index in [0.29, 0.717) is 6.54 Å². The lowest BCUT2D eigenvalue weighted by atomic mass is 9.95. The van der Waals surface area contributed by atoms with Gasteiger partial charge in [0.25, 0.3) is 0 Å². The van der Waals surface area contributed by atoms with E-state index in [0.717, 1.165) is 29.3 Å². The van der Waals surface area contributed by atoms with Crippen LogP contribution in [0.4, 0.5) is 4.39 Å². The van der Waals surface area contributed by atoms with Crippen molar-refractivity contribution < 1.29 is 9.18 Å². The summed E-state index contributed by atoms with van der Waals surface area (Å²) in [6, 6.07) is 6.26. The molecule has 1 N–H and O–H groups in total. The van der Waals surface area contributed by atoms with Crippen molar-refractivity contribution in [3.05, 3.63) is 48.0 Å². The lowest BCUT2D eigenvalue weighted by molar-refractivity contribution is -0.123. The van der Waals surface area contributed by atoms with Crippen molar-refractivity contribution in [2.45, 2.75) is 23.4 Å². The number of thioether (sulfide) groups is 1. The Balaban J connectivity index is 1.52. The summed E-state index contributed by atoms with van der Waals surface area (Å²) in [5.74, 6) is 0.543. The zero-order valence-electron chi connectivity index (χ0n) is 12.4. The maximum absolute atomic E-state index is 13.0. The first kappa shape index (κ1) is 15.1. The van der Waals surface area contributed by atoms with Crippen molar-refractivity contribution in [3.8, 4) is 0 Å². The van der Waals surface area contributed by atoms with E-state index in [-0.39, 0.29) is 11.7 Å². The molecule has 1 aromatic heterocycles. The molecular weight excluding hydrogens is 301 g/mol. The molecule has 4 nitrogen and oxygen atoms in total. The van der Waals surface area contributed by atoms with Gasteiger partial charge in [-0.25, -0.2) is 9.37 Å². The smallest absolute Gasteiger partial charge is 0.230 e. The zero-order chi connectivity index (χ0) is 15.6. The average Bonchev–Trinajstić information content (AvgIpc) is 3.23. The highest BCUT2D eigenvalue weighted by molar-refractivity contribution is 7.99. The molecule has 1 aromatic carbocycles. The molecule has 116 valence electrons. The summed E-state index contributed by atoms with van der Waals surface area (Å²) >= 11 is 1.61. The van der Waals surface area contributed by atoms with Gasteiger partial charge in [0, 0.05) is 31.7 Å². The lowest BCUT2D eigenvalue weighted by Crippen LogP contribution is -2.36. The van der Waals surface area contributed by atoms with E-state index >= 15 is 0 Å². The van der Waals surface area contributed by atoms with Gasteiger partial charge >= 0.3 is 0 Å². The Bertz CT molecular complexity index is 664. The highest BCUT2D eigenvalue weighted by Crippen LogP contribution is 2.48. The molecule has 1 fully saturated rings. The van der Waals surface area contributed by atoms with E-state index in [1.54, 1.807) is 30.1 Å². The first-order valence-electron chi connectivity index (χ1n) is 7.26. The Kier molecular flexibility index (Phi) is 4.20. The topological polar surface area (TPSA) is 46.9 Å². The van der Waals surface area contributed by atoms with E-state index in [9.17, 15) is 9.18 Å². The van der Waals surface area contributed by atoms with Crippen LogP contribution in [0.2, 0.25) is 0 Å². The minimum absolute atomic E-state index is 0.0412. The van der Waals surface area contributed by atoms with Gasteiger partial charge in [-0.05, 0) is 30.5 Å². The Labute approximate surface area is 133 Å². The molecule has 0 atom stereocenters. The largest absolute Gasteiger partial charge is 0.354 e. The maximum Gasteiger partial charge on any atom is 0.230 e. The van der Waals surface area contributed by atoms with Crippen LogP contribution < -0.4 is 5.32 Å². The van der Waals surface area contributed by atoms with Crippen LogP contribution in [0.25, 0.3) is 0 Å². The monoisotopic (exact) mass is 319 g/mol. The molecule has 0 saturated heterocycles. The summed E-state index contributed by atoms with van der Waals surface area (Å²) in [4.78, 5) is 16.6. The van der Waals surface area contributed by atoms with Crippen LogP contribution in [0.15, 0.2) is 41.8 Å². The number of carbonyl (C=O) groups is 1. The number of aromatic nitrogens is 2. The fourth-order valence-corrected chi connectivity index (χ4v) is 3.29. The van der Waals surface area contributed by atoms with E-state index in [2.05, 4.69) is 10.3 Å². The molecular formula is C16H18FN3OS. The average molecular weight is 319 g/mol. The van der Waals surface area contributed by atoms with Crippen molar-refractivity contribution in [3.63, 3.8) is 0 Å². The summed E-state index contributed by atoms with van der Waals surface area (Å²) in [7, 11) is 1.95. The number of nitrogens with one attached hydrogen (secondary N) is 1. The van der Waals surface area contributed by atoms with Gasteiger partial charge in [-0.2, -0.15) is 0 Å². The Morgan fingerprint density at radius 3 is 2.73 bits per heavy atom. The quantitative estimate of drug-likeness (QED) is 0.657. The molecule has 1 aliphatic rings. The number of imidazole rings is 1. The summed E-state index contributed by atoms with van der Waals surface area (Å²) in [6.45, 7) is 0.597. The number of carbonyl (C=O) groups excluding carboxylic acids is 1. The standard InChI is InChI=1S/C16H18FN3OS/c1-20-10-8-19-15(20)22-11-9-18-14(21)16(6-7-16)12-2-4-13(17)5-3-12/h2-5,8,10H,6-7,9,11H2,1H3,(H,18,21). The molecule has 22 heavy (non-hydrogen) atoms. The summed E-state index contributed by atoms with van der Waals surface area (Å²) in [6.07, 6.45) is 5.32. The predicted molar refractivity (Wildman–Crippen MR) is 84.3 cm³/mol. The van der Waals surface area contributed by atoms with Crippen LogP contribution in [-0.2, 0) is 17.3 Å². The summed E-state index contributed by atoms with van der Waals surface area (Å²) in [5.41, 5.74) is 0.463. The molecule has 0 unspecified atom stereocenters. The molecule has 1 amide bonds. The lowest BCUT2D eigenvalue weighted by Gasteiger charge is -2.15. The third-order valence-corrected chi connectivity index (χ3v) is 5.04. The molecule has 0 bridgehead atoms. The van der Waals surface area contributed by atoms with E-state index in [1.807, 2.05) is 17.8 Å². The third kappa shape index (κ3) is 3.02. The number of hydrogen-bond acceptors (Lipinski definition) is 3. The number of halogens is 1. The van der Waals surface area contributed by atoms with Gasteiger partial charge in [0.1, 0.15) is 5.82 Å². The molecule has 1 heterocycles. The second-order valence-corrected chi connectivity index (χ2v) is 6.58. The van der Waals surface area contributed by atoms with Crippen molar-refractivity contribution in [1.82, 2.24) is 14.9 Å². The second-order valence-electron chi connectivity index (χ2n) is 5.51. The SMILES string of the molecule is Cn1ccnc1SCCNC(=O)C1(c2ccc(F)cc2)CC1. The molecule has 0 aliphatic heterocycles. The number of aryl methyl sites for hydroxylation is 1. The highest BCUT2D eigenvalue weighted by Gasteiger charge is 2.50. The first-order valence-corrected chi connectivity index (χ1v) is 8.25. The third-order valence-electron chi connectivity index (χ3n) is 3.98. The van der Waals surface area contributed by atoms with Crippen molar-refractivity contribution in [2.24, 2.45) is 7.05 Å². The first-order chi connectivity index (χ1) is 10.6. The van der Waals surface area contributed by atoms with Crippen LogP contribution in [0.3, 0.4) is 0 Å². The Morgan fingerprint density at radius 1 is 1.41 bits per heavy atom. The molecule has 2 aromatic rings. The van der Waals surface area contributed by atoms with Gasteiger partial charge in [-0.3, -0.25) is 4.79 Å². The highest BCUT2D eigenvalue weighted by atomic mass is 32.2. The second kappa shape index (κ2) is 6.12. The predicted octanol–water partition coefficient (Wildman–Crippen LogP) is 2.50. The van der Waals surface area contributed by atoms with Gasteiger partial charge in [-0.1, -0.05) is 23.9 Å². The minimum atomic E-state index is -0.443. The van der Waals surface area contributed by atoms with Crippen LogP contribution in [-0.4, -0.2) is 27.8 Å². The van der Waals surface area contributed by atoms with Crippen molar-refractivity contribution in [1.29, 1.82) is 0 Å². The van der Waals surface area contributed by atoms with Crippen LogP contribution >= 0.6 is 11.8 Å².